The molecule has 0 aliphatic carbocycles. The van der Waals surface area contributed by atoms with Crippen LogP contribution in [0.1, 0.15) is 11.3 Å². The van der Waals surface area contributed by atoms with Crippen molar-refractivity contribution in [2.45, 2.75) is 6.42 Å². The molecule has 2 aromatic carbocycles. The number of fused-ring (bicyclic) bond motifs is 1. The molecule has 1 heterocycles. The first-order valence-corrected chi connectivity index (χ1v) is 7.60. The third-order valence-electron chi connectivity index (χ3n) is 3.51. The molecule has 4 nitrogen and oxygen atoms in total. The monoisotopic (exact) mass is 358 g/mol. The van der Waals surface area contributed by atoms with E-state index in [-0.39, 0.29) is 0 Å². The van der Waals surface area contributed by atoms with Crippen molar-refractivity contribution in [3.05, 3.63) is 58.5 Å². The molecule has 0 bridgehead atoms. The summed E-state index contributed by atoms with van der Waals surface area (Å²) in [4.78, 5) is 8.76. The zero-order chi connectivity index (χ0) is 15.5. The fourth-order valence-corrected chi connectivity index (χ4v) is 2.64. The van der Waals surface area contributed by atoms with Gasteiger partial charge in [-0.3, -0.25) is 0 Å². The number of benzene rings is 2. The predicted molar refractivity (Wildman–Crippen MR) is 89.6 cm³/mol. The summed E-state index contributed by atoms with van der Waals surface area (Å²) >= 11 is 3.45. The Hall–Kier alpha value is -2.14. The van der Waals surface area contributed by atoms with Crippen molar-refractivity contribution in [1.29, 1.82) is 0 Å². The van der Waals surface area contributed by atoms with E-state index in [2.05, 4.69) is 38.0 Å². The summed E-state index contributed by atoms with van der Waals surface area (Å²) < 4.78 is 11.8. The van der Waals surface area contributed by atoms with Gasteiger partial charge in [-0.2, -0.15) is 0 Å². The quantitative estimate of drug-likeness (QED) is 0.706. The highest BCUT2D eigenvalue weighted by Crippen LogP contribution is 2.32. The minimum Gasteiger partial charge on any atom is -0.493 e. The summed E-state index contributed by atoms with van der Waals surface area (Å²) in [5.74, 6) is 1.35. The van der Waals surface area contributed by atoms with Crippen molar-refractivity contribution in [2.24, 2.45) is 0 Å². The van der Waals surface area contributed by atoms with E-state index in [1.54, 1.807) is 20.5 Å². The minimum absolute atomic E-state index is 0.670. The van der Waals surface area contributed by atoms with Gasteiger partial charge < -0.3 is 9.47 Å². The first-order chi connectivity index (χ1) is 10.7. The summed E-state index contributed by atoms with van der Waals surface area (Å²) in [5.41, 5.74) is 3.01. The lowest BCUT2D eigenvalue weighted by molar-refractivity contribution is 0.355. The standard InChI is InChI=1S/C17H15BrN2O2/c1-21-16-8-13-14(7-11-3-5-12(18)6-4-11)19-10-20-15(13)9-17(16)22-2/h3-6,8-10H,7H2,1-2H3. The summed E-state index contributed by atoms with van der Waals surface area (Å²) in [6.45, 7) is 0. The van der Waals surface area contributed by atoms with E-state index in [1.807, 2.05) is 24.3 Å². The number of ether oxygens (including phenoxy) is 2. The van der Waals surface area contributed by atoms with Gasteiger partial charge in [0.15, 0.2) is 11.5 Å². The molecule has 0 aliphatic heterocycles. The average molecular weight is 359 g/mol. The molecule has 0 spiro atoms. The second-order valence-electron chi connectivity index (χ2n) is 4.85. The van der Waals surface area contributed by atoms with Crippen molar-refractivity contribution < 1.29 is 9.47 Å². The molecule has 1 aromatic heterocycles. The van der Waals surface area contributed by atoms with Crippen LogP contribution in [0.3, 0.4) is 0 Å². The Balaban J connectivity index is 2.07. The molecule has 0 N–H and O–H groups in total. The number of methoxy groups -OCH3 is 2. The molecule has 0 saturated heterocycles. The van der Waals surface area contributed by atoms with Crippen LogP contribution in [0.25, 0.3) is 10.9 Å². The maximum Gasteiger partial charge on any atom is 0.162 e. The molecule has 0 radical (unpaired) electrons. The normalized spacial score (nSPS) is 10.7. The molecule has 0 saturated carbocycles. The number of hydrogen-bond acceptors (Lipinski definition) is 4. The van der Waals surface area contributed by atoms with Crippen LogP contribution in [0, 0.1) is 0 Å². The SMILES string of the molecule is COc1cc2ncnc(Cc3ccc(Br)cc3)c2cc1OC. The zero-order valence-electron chi connectivity index (χ0n) is 12.3. The van der Waals surface area contributed by atoms with Crippen LogP contribution in [-0.4, -0.2) is 24.2 Å². The first kappa shape index (κ1) is 14.8. The third kappa shape index (κ3) is 2.90. The van der Waals surface area contributed by atoms with Gasteiger partial charge in [0.25, 0.3) is 0 Å². The maximum absolute atomic E-state index is 5.38. The van der Waals surface area contributed by atoms with Gasteiger partial charge in [-0.15, -0.1) is 0 Å². The molecular weight excluding hydrogens is 344 g/mol. The van der Waals surface area contributed by atoms with Gasteiger partial charge in [0.2, 0.25) is 0 Å². The van der Waals surface area contributed by atoms with E-state index < -0.39 is 0 Å². The number of aromatic nitrogens is 2. The zero-order valence-corrected chi connectivity index (χ0v) is 13.9. The first-order valence-electron chi connectivity index (χ1n) is 6.81. The highest BCUT2D eigenvalue weighted by Gasteiger charge is 2.11. The molecule has 0 unspecified atom stereocenters. The average Bonchev–Trinajstić information content (AvgIpc) is 2.56. The maximum atomic E-state index is 5.38. The van der Waals surface area contributed by atoms with Gasteiger partial charge >= 0.3 is 0 Å². The number of nitrogens with zero attached hydrogens (tertiary/aromatic N) is 2. The highest BCUT2D eigenvalue weighted by molar-refractivity contribution is 9.10. The van der Waals surface area contributed by atoms with E-state index in [1.165, 1.54) is 5.56 Å². The van der Waals surface area contributed by atoms with Crippen molar-refractivity contribution in [2.75, 3.05) is 14.2 Å². The number of halogens is 1. The topological polar surface area (TPSA) is 44.2 Å². The Kier molecular flexibility index (Phi) is 4.24. The Morgan fingerprint density at radius 3 is 2.32 bits per heavy atom. The van der Waals surface area contributed by atoms with Gasteiger partial charge in [-0.05, 0) is 23.8 Å². The Morgan fingerprint density at radius 2 is 1.64 bits per heavy atom. The van der Waals surface area contributed by atoms with E-state index in [0.29, 0.717) is 11.5 Å². The lowest BCUT2D eigenvalue weighted by atomic mass is 10.1. The third-order valence-corrected chi connectivity index (χ3v) is 4.04. The molecule has 5 heteroatoms. The second-order valence-corrected chi connectivity index (χ2v) is 5.76. The van der Waals surface area contributed by atoms with Crippen molar-refractivity contribution in [3.63, 3.8) is 0 Å². The van der Waals surface area contributed by atoms with Gasteiger partial charge in [-0.25, -0.2) is 9.97 Å². The molecule has 112 valence electrons. The Morgan fingerprint density at radius 1 is 0.955 bits per heavy atom. The molecule has 0 aliphatic rings. The Bertz CT molecular complexity index is 804. The van der Waals surface area contributed by atoms with Crippen LogP contribution in [-0.2, 0) is 6.42 Å². The summed E-state index contributed by atoms with van der Waals surface area (Å²) in [5, 5.41) is 0.975. The smallest absolute Gasteiger partial charge is 0.162 e. The van der Waals surface area contributed by atoms with E-state index in [4.69, 9.17) is 9.47 Å². The van der Waals surface area contributed by atoms with Crippen molar-refractivity contribution >= 4 is 26.8 Å². The fraction of sp³-hybridized carbons (Fsp3) is 0.176. The van der Waals surface area contributed by atoms with Crippen LogP contribution >= 0.6 is 15.9 Å². The van der Waals surface area contributed by atoms with Crippen LogP contribution in [0.5, 0.6) is 11.5 Å². The fourth-order valence-electron chi connectivity index (χ4n) is 2.37. The summed E-state index contributed by atoms with van der Waals surface area (Å²) in [6, 6.07) is 12.0. The molecule has 0 amide bonds. The molecule has 0 atom stereocenters. The van der Waals surface area contributed by atoms with Crippen LogP contribution in [0.2, 0.25) is 0 Å². The van der Waals surface area contributed by atoms with E-state index >= 15 is 0 Å². The molecule has 3 aromatic rings. The van der Waals surface area contributed by atoms with Gasteiger partial charge in [0, 0.05) is 22.3 Å². The molecule has 3 rings (SSSR count). The second kappa shape index (κ2) is 6.32. The predicted octanol–water partition coefficient (Wildman–Crippen LogP) is 4.00. The van der Waals surface area contributed by atoms with Crippen LogP contribution in [0.15, 0.2) is 47.2 Å². The number of rotatable bonds is 4. The summed E-state index contributed by atoms with van der Waals surface area (Å²) in [6.07, 6.45) is 2.32. The largest absolute Gasteiger partial charge is 0.493 e. The highest BCUT2D eigenvalue weighted by atomic mass is 79.9. The summed E-state index contributed by atoms with van der Waals surface area (Å²) in [7, 11) is 3.25. The lowest BCUT2D eigenvalue weighted by Gasteiger charge is -2.11. The molecule has 0 fully saturated rings. The molecular formula is C17H15BrN2O2. The van der Waals surface area contributed by atoms with Crippen LogP contribution in [0.4, 0.5) is 0 Å². The van der Waals surface area contributed by atoms with Gasteiger partial charge in [-0.1, -0.05) is 28.1 Å². The van der Waals surface area contributed by atoms with Gasteiger partial charge in [0.05, 0.1) is 25.4 Å². The minimum atomic E-state index is 0.670. The lowest BCUT2D eigenvalue weighted by Crippen LogP contribution is -1.97. The molecule has 22 heavy (non-hydrogen) atoms. The Labute approximate surface area is 137 Å². The number of hydrogen-bond donors (Lipinski definition) is 0. The van der Waals surface area contributed by atoms with E-state index in [9.17, 15) is 0 Å². The van der Waals surface area contributed by atoms with Gasteiger partial charge in [0.1, 0.15) is 6.33 Å². The van der Waals surface area contributed by atoms with Crippen molar-refractivity contribution in [1.82, 2.24) is 9.97 Å². The van der Waals surface area contributed by atoms with E-state index in [0.717, 1.165) is 27.5 Å². The van der Waals surface area contributed by atoms with Crippen LogP contribution < -0.4 is 9.47 Å². The van der Waals surface area contributed by atoms with Crippen molar-refractivity contribution in [3.8, 4) is 11.5 Å².